The Hall–Kier alpha value is -3.11. The van der Waals surface area contributed by atoms with Gasteiger partial charge in [0.05, 0.1) is 24.2 Å². The molecule has 1 unspecified atom stereocenters. The number of nitrogens with one attached hydrogen (secondary N) is 1. The first-order chi connectivity index (χ1) is 14.7. The maximum absolute atomic E-state index is 12.9. The van der Waals surface area contributed by atoms with Crippen molar-refractivity contribution in [3.63, 3.8) is 0 Å². The van der Waals surface area contributed by atoms with Crippen LogP contribution >= 0.6 is 0 Å². The van der Waals surface area contributed by atoms with Gasteiger partial charge in [0.15, 0.2) is 0 Å². The summed E-state index contributed by atoms with van der Waals surface area (Å²) in [5.41, 5.74) is 1.66. The Labute approximate surface area is 178 Å². The first-order valence-electron chi connectivity index (χ1n) is 9.72. The number of anilines is 1. The first-order valence-corrected chi connectivity index (χ1v) is 11.2. The third-order valence-electron chi connectivity index (χ3n) is 5.21. The summed E-state index contributed by atoms with van der Waals surface area (Å²) < 4.78 is 43.8. The molecule has 1 N–H and O–H groups in total. The smallest absolute Gasteiger partial charge is 0.414 e. The summed E-state index contributed by atoms with van der Waals surface area (Å²) in [6.07, 6.45) is -0.416. The normalized spacial score (nSPS) is 15.6. The molecule has 1 amide bonds. The molecule has 1 aliphatic heterocycles. The molecule has 4 rings (SSSR count). The van der Waals surface area contributed by atoms with Crippen molar-refractivity contribution in [2.24, 2.45) is 5.92 Å². The van der Waals surface area contributed by atoms with Gasteiger partial charge in [0.25, 0.3) is 0 Å². The monoisotopic (exact) mass is 446 g/mol. The number of furan rings is 1. The van der Waals surface area contributed by atoms with Crippen LogP contribution in [-0.4, -0.2) is 46.8 Å². The predicted octanol–water partition coefficient (Wildman–Crippen LogP) is 3.02. The number of ether oxygens (including phenoxy) is 2. The number of cyclic esters (lactones) is 1. The number of carbonyl (C=O) groups is 2. The molecule has 1 aromatic heterocycles. The van der Waals surface area contributed by atoms with Gasteiger partial charge in [0.1, 0.15) is 23.8 Å². The van der Waals surface area contributed by atoms with Gasteiger partial charge in [-0.1, -0.05) is 13.8 Å². The molecule has 1 saturated heterocycles. The number of methoxy groups -OCH3 is 1. The predicted molar refractivity (Wildman–Crippen MR) is 113 cm³/mol. The maximum atomic E-state index is 12.9. The highest BCUT2D eigenvalue weighted by Gasteiger charge is 2.29. The van der Waals surface area contributed by atoms with E-state index in [1.165, 1.54) is 24.1 Å². The van der Waals surface area contributed by atoms with Gasteiger partial charge in [0.2, 0.25) is 10.0 Å². The fraction of sp³-hybridized carbons (Fsp3) is 0.333. The van der Waals surface area contributed by atoms with Crippen LogP contribution in [0.25, 0.3) is 21.9 Å². The van der Waals surface area contributed by atoms with Crippen molar-refractivity contribution in [3.8, 4) is 0 Å². The second kappa shape index (κ2) is 7.86. The van der Waals surface area contributed by atoms with Crippen LogP contribution in [0.15, 0.2) is 45.7 Å². The second-order valence-electron chi connectivity index (χ2n) is 7.57. The number of benzene rings is 2. The largest absolute Gasteiger partial charge is 0.468 e. The molecular formula is C21H22N2O7S. The number of rotatable bonds is 6. The highest BCUT2D eigenvalue weighted by Crippen LogP contribution is 2.33. The van der Waals surface area contributed by atoms with Crippen molar-refractivity contribution < 1.29 is 31.9 Å². The minimum Gasteiger partial charge on any atom is -0.468 e. The summed E-state index contributed by atoms with van der Waals surface area (Å²) in [4.78, 5) is 25.3. The molecule has 164 valence electrons. The fourth-order valence-corrected chi connectivity index (χ4v) is 4.89. The van der Waals surface area contributed by atoms with E-state index in [-0.39, 0.29) is 10.8 Å². The summed E-state index contributed by atoms with van der Waals surface area (Å²) in [5.74, 6) is -0.946. The molecule has 9 nitrogen and oxygen atoms in total. The van der Waals surface area contributed by atoms with Crippen LogP contribution < -0.4 is 9.62 Å². The first kappa shape index (κ1) is 21.1. The van der Waals surface area contributed by atoms with Gasteiger partial charge in [-0.15, -0.1) is 0 Å². The number of hydrogen-bond acceptors (Lipinski definition) is 7. The number of amides is 1. The molecule has 0 radical (unpaired) electrons. The van der Waals surface area contributed by atoms with Crippen LogP contribution in [0.5, 0.6) is 0 Å². The number of carbonyl (C=O) groups excluding carboxylic acids is 2. The number of sulfonamides is 1. The summed E-state index contributed by atoms with van der Waals surface area (Å²) in [7, 11) is -2.77. The van der Waals surface area contributed by atoms with E-state index in [9.17, 15) is 18.0 Å². The molecule has 0 aliphatic carbocycles. The summed E-state index contributed by atoms with van der Waals surface area (Å²) in [6.45, 7) is 4.24. The number of nitrogens with zero attached hydrogens (tertiary/aromatic N) is 1. The Morgan fingerprint density at radius 2 is 1.90 bits per heavy atom. The van der Waals surface area contributed by atoms with Crippen molar-refractivity contribution in [2.75, 3.05) is 25.2 Å². The molecule has 1 atom stereocenters. The van der Waals surface area contributed by atoms with Gasteiger partial charge in [-0.2, -0.15) is 4.72 Å². The van der Waals surface area contributed by atoms with Crippen LogP contribution in [0.4, 0.5) is 10.5 Å². The van der Waals surface area contributed by atoms with E-state index in [0.717, 1.165) is 0 Å². The van der Waals surface area contributed by atoms with E-state index in [1.54, 1.807) is 38.1 Å². The van der Waals surface area contributed by atoms with E-state index >= 15 is 0 Å². The molecule has 10 heteroatoms. The fourth-order valence-electron chi connectivity index (χ4n) is 3.53. The minimum atomic E-state index is -3.99. The molecule has 31 heavy (non-hydrogen) atoms. The molecule has 1 fully saturated rings. The van der Waals surface area contributed by atoms with Crippen LogP contribution in [0, 0.1) is 5.92 Å². The van der Waals surface area contributed by atoms with Gasteiger partial charge in [0, 0.05) is 16.8 Å². The molecule has 2 heterocycles. The number of esters is 1. The summed E-state index contributed by atoms with van der Waals surface area (Å²) in [6, 6.07) is 8.74. The minimum absolute atomic E-state index is 0.00412. The van der Waals surface area contributed by atoms with Crippen molar-refractivity contribution in [2.45, 2.75) is 24.8 Å². The van der Waals surface area contributed by atoms with Gasteiger partial charge in [-0.25, -0.2) is 13.2 Å². The third-order valence-corrected chi connectivity index (χ3v) is 6.65. The van der Waals surface area contributed by atoms with Gasteiger partial charge in [-0.05, 0) is 36.2 Å². The van der Waals surface area contributed by atoms with Crippen LogP contribution in [0.1, 0.15) is 13.8 Å². The lowest BCUT2D eigenvalue weighted by Crippen LogP contribution is -2.44. The van der Waals surface area contributed by atoms with Crippen molar-refractivity contribution >= 4 is 49.7 Å². The zero-order valence-corrected chi connectivity index (χ0v) is 18.1. The summed E-state index contributed by atoms with van der Waals surface area (Å²) in [5, 5.41) is 1.31. The lowest BCUT2D eigenvalue weighted by Gasteiger charge is -2.19. The van der Waals surface area contributed by atoms with Crippen molar-refractivity contribution in [1.29, 1.82) is 0 Å². The standard InChI is InChI=1S/C21H22N2O7S/c1-12(2)19(20(24)28-3)22-31(26,27)14-5-7-17-16(11-14)15-6-4-13(10-18(15)30-17)23-8-9-29-21(23)25/h4-7,10-12,19,22H,8-9H2,1-3H3. The van der Waals surface area contributed by atoms with Gasteiger partial charge in [-0.3, -0.25) is 9.69 Å². The van der Waals surface area contributed by atoms with E-state index in [4.69, 9.17) is 13.9 Å². The zero-order valence-electron chi connectivity index (χ0n) is 17.2. The van der Waals surface area contributed by atoms with Crippen molar-refractivity contribution in [1.82, 2.24) is 4.72 Å². The highest BCUT2D eigenvalue weighted by molar-refractivity contribution is 7.89. The van der Waals surface area contributed by atoms with Gasteiger partial charge < -0.3 is 13.9 Å². The molecule has 2 aromatic carbocycles. The second-order valence-corrected chi connectivity index (χ2v) is 9.29. The average Bonchev–Trinajstić information content (AvgIpc) is 3.33. The van der Waals surface area contributed by atoms with Crippen LogP contribution in [0.2, 0.25) is 0 Å². The molecule has 1 aliphatic rings. The Bertz CT molecular complexity index is 1280. The maximum Gasteiger partial charge on any atom is 0.414 e. The van der Waals surface area contributed by atoms with Gasteiger partial charge >= 0.3 is 12.1 Å². The Morgan fingerprint density at radius 3 is 2.55 bits per heavy atom. The molecule has 3 aromatic rings. The number of hydrogen-bond donors (Lipinski definition) is 1. The topological polar surface area (TPSA) is 115 Å². The van der Waals surface area contributed by atoms with Crippen LogP contribution in [-0.2, 0) is 24.3 Å². The zero-order chi connectivity index (χ0) is 22.3. The lowest BCUT2D eigenvalue weighted by molar-refractivity contribution is -0.143. The highest BCUT2D eigenvalue weighted by atomic mass is 32.2. The average molecular weight is 446 g/mol. The quantitative estimate of drug-likeness (QED) is 0.579. The lowest BCUT2D eigenvalue weighted by atomic mass is 10.1. The Morgan fingerprint density at radius 1 is 1.13 bits per heavy atom. The van der Waals surface area contributed by atoms with E-state index in [0.29, 0.717) is 40.8 Å². The van der Waals surface area contributed by atoms with Crippen molar-refractivity contribution in [3.05, 3.63) is 36.4 Å². The third kappa shape index (κ3) is 3.84. The Balaban J connectivity index is 1.72. The van der Waals surface area contributed by atoms with E-state index in [2.05, 4.69) is 4.72 Å². The van der Waals surface area contributed by atoms with Crippen LogP contribution in [0.3, 0.4) is 0 Å². The molecular weight excluding hydrogens is 424 g/mol. The number of fused-ring (bicyclic) bond motifs is 3. The molecule has 0 spiro atoms. The summed E-state index contributed by atoms with van der Waals surface area (Å²) >= 11 is 0. The Kier molecular flexibility index (Phi) is 5.36. The SMILES string of the molecule is COC(=O)C(NS(=O)(=O)c1ccc2oc3cc(N4CCOC4=O)ccc3c2c1)C(C)C. The molecule has 0 bridgehead atoms. The molecule has 0 saturated carbocycles. The van der Waals surface area contributed by atoms with E-state index in [1.807, 2.05) is 0 Å². The van der Waals surface area contributed by atoms with E-state index < -0.39 is 28.1 Å².